The van der Waals surface area contributed by atoms with Crippen LogP contribution in [0.25, 0.3) is 0 Å². The molecule has 0 radical (unpaired) electrons. The number of hydrogen-bond donors (Lipinski definition) is 2. The van der Waals surface area contributed by atoms with Crippen LogP contribution in [0.1, 0.15) is 219 Å². The summed E-state index contributed by atoms with van der Waals surface area (Å²) in [5.41, 5.74) is 5.35. The van der Waals surface area contributed by atoms with Crippen LogP contribution in [-0.2, 0) is 27.9 Å². The molecule has 0 aliphatic heterocycles. The molecule has 0 saturated carbocycles. The molecule has 0 aromatic heterocycles. The summed E-state index contributed by atoms with van der Waals surface area (Å²) in [5, 5.41) is 0. The molecule has 0 bridgehead atoms. The summed E-state index contributed by atoms with van der Waals surface area (Å²) in [6, 6.07) is 0. The molecule has 9 heteroatoms. The van der Waals surface area contributed by atoms with Crippen molar-refractivity contribution in [1.82, 2.24) is 0 Å². The Kier molecular flexibility index (Phi) is 40.8. The molecule has 0 saturated heterocycles. The van der Waals surface area contributed by atoms with Gasteiger partial charge in [0.2, 0.25) is 0 Å². The number of rotatable bonds is 43. The van der Waals surface area contributed by atoms with Crippen molar-refractivity contribution in [2.24, 2.45) is 5.73 Å². The van der Waals surface area contributed by atoms with Gasteiger partial charge in [-0.25, -0.2) is 4.57 Å². The predicted octanol–water partition coefficient (Wildman–Crippen LogP) is 13.1. The van der Waals surface area contributed by atoms with Crippen LogP contribution in [-0.4, -0.2) is 49.9 Å². The number of allylic oxidation sites excluding steroid dienone is 2. The minimum Gasteiger partial charge on any atom is -0.457 e. The van der Waals surface area contributed by atoms with E-state index in [9.17, 15) is 14.3 Å². The largest absolute Gasteiger partial charge is 0.472 e. The lowest BCUT2D eigenvalue weighted by Crippen LogP contribution is -2.28. The first-order chi connectivity index (χ1) is 25.4. The summed E-state index contributed by atoms with van der Waals surface area (Å²) in [5.74, 6) is -0.334. The zero-order chi connectivity index (χ0) is 38.1. The van der Waals surface area contributed by atoms with E-state index in [0.29, 0.717) is 13.0 Å². The van der Waals surface area contributed by atoms with Crippen molar-refractivity contribution in [2.75, 3.05) is 33.0 Å². The molecule has 0 aromatic rings. The second kappa shape index (κ2) is 41.4. The van der Waals surface area contributed by atoms with Crippen LogP contribution in [0.3, 0.4) is 0 Å². The van der Waals surface area contributed by atoms with Gasteiger partial charge in [0.15, 0.2) is 0 Å². The number of phosphoric ester groups is 1. The molecule has 0 aromatic carbocycles. The summed E-state index contributed by atoms with van der Waals surface area (Å²) in [4.78, 5) is 22.3. The molecule has 2 atom stereocenters. The minimum atomic E-state index is -4.26. The standard InChI is InChI=1S/C43H86NO7P/c1-3-5-7-9-11-12-13-14-15-16-17-18-19-20-21-22-23-24-25-26-27-28-29-31-33-35-38-48-40-42(41-50-52(46,47)49-39-37-44)51-43(45)36-34-32-30-10-8-6-4-2/h16-17,42H,3-15,18-41,44H2,1-2H3,(H,46,47)/b17-16-. The number of nitrogens with two attached hydrogens (primary N) is 1. The van der Waals surface area contributed by atoms with Gasteiger partial charge in [0.1, 0.15) is 6.10 Å². The third-order valence-electron chi connectivity index (χ3n) is 9.68. The second-order valence-corrected chi connectivity index (χ2v) is 16.4. The van der Waals surface area contributed by atoms with E-state index in [1.165, 1.54) is 167 Å². The van der Waals surface area contributed by atoms with E-state index in [4.69, 9.17) is 24.3 Å². The SMILES string of the molecule is CCCCCCCCCC/C=C\CCCCCCCCCCCCCCCCOCC(COP(=O)(O)OCCN)OC(=O)CCCCCCCCC. The van der Waals surface area contributed by atoms with Crippen LogP contribution < -0.4 is 5.73 Å². The van der Waals surface area contributed by atoms with E-state index in [1.807, 2.05) is 0 Å². The Hall–Kier alpha value is -0.760. The fraction of sp³-hybridized carbons (Fsp3) is 0.930. The monoisotopic (exact) mass is 760 g/mol. The van der Waals surface area contributed by atoms with E-state index in [2.05, 4.69) is 26.0 Å². The number of unbranched alkanes of at least 4 members (excludes halogenated alkanes) is 28. The Morgan fingerprint density at radius 2 is 0.962 bits per heavy atom. The van der Waals surface area contributed by atoms with Gasteiger partial charge in [0, 0.05) is 19.6 Å². The molecule has 3 N–H and O–H groups in total. The van der Waals surface area contributed by atoms with E-state index in [-0.39, 0.29) is 32.3 Å². The van der Waals surface area contributed by atoms with Gasteiger partial charge in [0.05, 0.1) is 19.8 Å². The van der Waals surface area contributed by atoms with Gasteiger partial charge in [-0.15, -0.1) is 0 Å². The molecule has 8 nitrogen and oxygen atoms in total. The molecular formula is C43H86NO7P. The van der Waals surface area contributed by atoms with Gasteiger partial charge in [-0.05, 0) is 38.5 Å². The summed E-state index contributed by atoms with van der Waals surface area (Å²) in [7, 11) is -4.26. The average Bonchev–Trinajstić information content (AvgIpc) is 3.13. The number of phosphoric acid groups is 1. The third kappa shape index (κ3) is 40.4. The summed E-state index contributed by atoms with van der Waals surface area (Å²) in [6.07, 6.45) is 44.1. The minimum absolute atomic E-state index is 0.0922. The fourth-order valence-electron chi connectivity index (χ4n) is 6.40. The van der Waals surface area contributed by atoms with Gasteiger partial charge in [-0.3, -0.25) is 13.8 Å². The zero-order valence-corrected chi connectivity index (χ0v) is 35.2. The molecule has 2 unspecified atom stereocenters. The van der Waals surface area contributed by atoms with Gasteiger partial charge < -0.3 is 20.1 Å². The number of carbonyl (C=O) groups is 1. The molecule has 0 aliphatic carbocycles. The number of esters is 1. The van der Waals surface area contributed by atoms with Crippen LogP contribution in [0.2, 0.25) is 0 Å². The zero-order valence-electron chi connectivity index (χ0n) is 34.3. The highest BCUT2D eigenvalue weighted by atomic mass is 31.2. The summed E-state index contributed by atoms with van der Waals surface area (Å²) >= 11 is 0. The summed E-state index contributed by atoms with van der Waals surface area (Å²) < 4.78 is 33.3. The maximum absolute atomic E-state index is 12.4. The van der Waals surface area contributed by atoms with Crippen LogP contribution in [0.15, 0.2) is 12.2 Å². The Bertz CT molecular complexity index is 812. The Morgan fingerprint density at radius 1 is 0.558 bits per heavy atom. The second-order valence-electron chi connectivity index (χ2n) is 14.9. The highest BCUT2D eigenvalue weighted by Gasteiger charge is 2.25. The summed E-state index contributed by atoms with van der Waals surface area (Å²) in [6.45, 7) is 4.91. The highest BCUT2D eigenvalue weighted by molar-refractivity contribution is 7.47. The first-order valence-electron chi connectivity index (χ1n) is 22.2. The molecule has 0 heterocycles. The van der Waals surface area contributed by atoms with Crippen LogP contribution in [0.4, 0.5) is 0 Å². The Labute approximate surface area is 322 Å². The van der Waals surface area contributed by atoms with Crippen molar-refractivity contribution < 1.29 is 32.8 Å². The van der Waals surface area contributed by atoms with Gasteiger partial charge >= 0.3 is 13.8 Å². The van der Waals surface area contributed by atoms with E-state index >= 15 is 0 Å². The molecule has 310 valence electrons. The molecule has 0 fully saturated rings. The fourth-order valence-corrected chi connectivity index (χ4v) is 7.17. The first-order valence-corrected chi connectivity index (χ1v) is 23.7. The van der Waals surface area contributed by atoms with E-state index in [1.54, 1.807) is 0 Å². The maximum Gasteiger partial charge on any atom is 0.472 e. The maximum atomic E-state index is 12.4. The van der Waals surface area contributed by atoms with E-state index in [0.717, 1.165) is 32.1 Å². The van der Waals surface area contributed by atoms with E-state index < -0.39 is 13.9 Å². The smallest absolute Gasteiger partial charge is 0.457 e. The van der Waals surface area contributed by atoms with Gasteiger partial charge in [-0.2, -0.15) is 0 Å². The Morgan fingerprint density at radius 3 is 1.40 bits per heavy atom. The first kappa shape index (κ1) is 51.2. The van der Waals surface area contributed by atoms with Crippen molar-refractivity contribution in [3.63, 3.8) is 0 Å². The topological polar surface area (TPSA) is 117 Å². The Balaban J connectivity index is 3.75. The molecule has 0 rings (SSSR count). The van der Waals surface area contributed by atoms with Gasteiger partial charge in [0.25, 0.3) is 0 Å². The van der Waals surface area contributed by atoms with Crippen molar-refractivity contribution in [2.45, 2.75) is 225 Å². The quantitative estimate of drug-likeness (QED) is 0.0273. The molecule has 0 spiro atoms. The van der Waals surface area contributed by atoms with Gasteiger partial charge in [-0.1, -0.05) is 187 Å². The normalized spacial score (nSPS) is 13.5. The molecular weight excluding hydrogens is 673 g/mol. The van der Waals surface area contributed by atoms with Crippen LogP contribution >= 0.6 is 7.82 Å². The third-order valence-corrected chi connectivity index (χ3v) is 10.7. The van der Waals surface area contributed by atoms with Crippen LogP contribution in [0, 0.1) is 0 Å². The molecule has 52 heavy (non-hydrogen) atoms. The predicted molar refractivity (Wildman–Crippen MR) is 220 cm³/mol. The van der Waals surface area contributed by atoms with Crippen molar-refractivity contribution in [1.29, 1.82) is 0 Å². The number of carbonyl (C=O) groups excluding carboxylic acids is 1. The molecule has 0 aliphatic rings. The van der Waals surface area contributed by atoms with Crippen molar-refractivity contribution >= 4 is 13.8 Å². The average molecular weight is 760 g/mol. The highest BCUT2D eigenvalue weighted by Crippen LogP contribution is 2.43. The van der Waals surface area contributed by atoms with Crippen LogP contribution in [0.5, 0.6) is 0 Å². The molecule has 0 amide bonds. The van der Waals surface area contributed by atoms with Crippen molar-refractivity contribution in [3.05, 3.63) is 12.2 Å². The lowest BCUT2D eigenvalue weighted by Gasteiger charge is -2.20. The number of ether oxygens (including phenoxy) is 2. The lowest BCUT2D eigenvalue weighted by atomic mass is 10.0. The number of hydrogen-bond acceptors (Lipinski definition) is 7. The lowest BCUT2D eigenvalue weighted by molar-refractivity contribution is -0.154. The van der Waals surface area contributed by atoms with Crippen molar-refractivity contribution in [3.8, 4) is 0 Å².